The Hall–Kier alpha value is -1.43. The highest BCUT2D eigenvalue weighted by molar-refractivity contribution is 7.71. The van der Waals surface area contributed by atoms with E-state index in [2.05, 4.69) is 9.97 Å². The van der Waals surface area contributed by atoms with E-state index >= 15 is 0 Å². The molecule has 100 valence electrons. The monoisotopic (exact) mass is 296 g/mol. The van der Waals surface area contributed by atoms with Crippen LogP contribution in [0.15, 0.2) is 24.3 Å². The van der Waals surface area contributed by atoms with Gasteiger partial charge in [-0.15, -0.1) is 0 Å². The number of nitrogens with one attached hydrogen (secondary N) is 1. The molecule has 1 N–H and O–H groups in total. The molecule has 0 atom stereocenters. The third-order valence-corrected chi connectivity index (χ3v) is 2.96. The van der Waals surface area contributed by atoms with Crippen molar-refractivity contribution in [3.8, 4) is 17.1 Å². The number of H-pyrrole nitrogens is 1. The number of rotatable bonds is 4. The molecule has 19 heavy (non-hydrogen) atoms. The van der Waals surface area contributed by atoms with Crippen LogP contribution in [0.4, 0.5) is 0 Å². The summed E-state index contributed by atoms with van der Waals surface area (Å²) in [5.74, 6) is 1.27. The molecule has 2 rings (SSSR count). The zero-order valence-corrected chi connectivity index (χ0v) is 12.1. The first kappa shape index (κ1) is 14.0. The molecule has 4 nitrogen and oxygen atoms in total. The molecule has 0 aliphatic heterocycles. The molecule has 1 aromatic carbocycles. The topological polar surface area (TPSA) is 47.1 Å². The molecule has 0 aliphatic carbocycles. The SMILES string of the molecule is COCc1cc(=S)nc(-c2ccc(Cl)cc2OC)[nH]1. The minimum Gasteiger partial charge on any atom is -0.496 e. The number of hydrogen-bond acceptors (Lipinski definition) is 4. The van der Waals surface area contributed by atoms with Gasteiger partial charge in [-0.3, -0.25) is 0 Å². The highest BCUT2D eigenvalue weighted by Gasteiger charge is 2.09. The number of benzene rings is 1. The fourth-order valence-electron chi connectivity index (χ4n) is 1.73. The summed E-state index contributed by atoms with van der Waals surface area (Å²) in [6.07, 6.45) is 0. The normalized spacial score (nSPS) is 10.5. The summed E-state index contributed by atoms with van der Waals surface area (Å²) in [7, 11) is 3.21. The van der Waals surface area contributed by atoms with Gasteiger partial charge in [0.2, 0.25) is 0 Å². The highest BCUT2D eigenvalue weighted by atomic mass is 35.5. The Morgan fingerprint density at radius 2 is 2.11 bits per heavy atom. The van der Waals surface area contributed by atoms with E-state index < -0.39 is 0 Å². The lowest BCUT2D eigenvalue weighted by molar-refractivity contribution is 0.181. The molecule has 1 heterocycles. The van der Waals surface area contributed by atoms with E-state index in [-0.39, 0.29) is 0 Å². The van der Waals surface area contributed by atoms with Gasteiger partial charge in [0, 0.05) is 17.8 Å². The maximum atomic E-state index is 5.94. The van der Waals surface area contributed by atoms with Crippen LogP contribution in [0.25, 0.3) is 11.4 Å². The molecule has 0 radical (unpaired) electrons. The number of halogens is 1. The second-order valence-electron chi connectivity index (χ2n) is 3.87. The van der Waals surface area contributed by atoms with Crippen LogP contribution >= 0.6 is 23.8 Å². The largest absolute Gasteiger partial charge is 0.496 e. The Kier molecular flexibility index (Phi) is 4.52. The Morgan fingerprint density at radius 1 is 1.32 bits per heavy atom. The summed E-state index contributed by atoms with van der Waals surface area (Å²) in [6.45, 7) is 0.440. The number of aromatic nitrogens is 2. The molecule has 0 saturated heterocycles. The van der Waals surface area contributed by atoms with Crippen molar-refractivity contribution in [1.82, 2.24) is 9.97 Å². The lowest BCUT2D eigenvalue weighted by Crippen LogP contribution is -1.99. The van der Waals surface area contributed by atoms with Crippen LogP contribution in [-0.2, 0) is 11.3 Å². The molecule has 0 bridgehead atoms. The summed E-state index contributed by atoms with van der Waals surface area (Å²) in [5, 5.41) is 0.604. The second kappa shape index (κ2) is 6.14. The minimum absolute atomic E-state index is 0.440. The average molecular weight is 297 g/mol. The molecular formula is C13H13ClN2O2S. The first-order valence-electron chi connectivity index (χ1n) is 5.57. The van der Waals surface area contributed by atoms with E-state index in [9.17, 15) is 0 Å². The molecule has 0 unspecified atom stereocenters. The van der Waals surface area contributed by atoms with Gasteiger partial charge < -0.3 is 14.5 Å². The lowest BCUT2D eigenvalue weighted by atomic mass is 10.2. The smallest absolute Gasteiger partial charge is 0.142 e. The molecule has 0 fully saturated rings. The van der Waals surface area contributed by atoms with E-state index in [1.165, 1.54) is 0 Å². The quantitative estimate of drug-likeness (QED) is 0.876. The maximum Gasteiger partial charge on any atom is 0.142 e. The van der Waals surface area contributed by atoms with Crippen LogP contribution < -0.4 is 4.74 Å². The van der Waals surface area contributed by atoms with Gasteiger partial charge in [0.15, 0.2) is 0 Å². The first-order valence-corrected chi connectivity index (χ1v) is 6.35. The van der Waals surface area contributed by atoms with E-state index in [1.54, 1.807) is 32.4 Å². The standard InChI is InChI=1S/C13H13ClN2O2S/c1-17-7-9-6-12(19)16-13(15-9)10-4-3-8(14)5-11(10)18-2/h3-6H,7H2,1-2H3,(H,15,16,19). The van der Waals surface area contributed by atoms with Crippen LogP contribution in [0.3, 0.4) is 0 Å². The van der Waals surface area contributed by atoms with E-state index in [0.717, 1.165) is 11.3 Å². The van der Waals surface area contributed by atoms with Gasteiger partial charge in [-0.2, -0.15) is 0 Å². The van der Waals surface area contributed by atoms with Crippen LogP contribution in [0.2, 0.25) is 5.02 Å². The predicted molar refractivity (Wildman–Crippen MR) is 77.1 cm³/mol. The summed E-state index contributed by atoms with van der Waals surface area (Å²) < 4.78 is 10.9. The summed E-state index contributed by atoms with van der Waals surface area (Å²) in [5.41, 5.74) is 1.66. The van der Waals surface area contributed by atoms with Crippen molar-refractivity contribution in [2.75, 3.05) is 14.2 Å². The van der Waals surface area contributed by atoms with Crippen molar-refractivity contribution in [3.63, 3.8) is 0 Å². The van der Waals surface area contributed by atoms with Gasteiger partial charge >= 0.3 is 0 Å². The van der Waals surface area contributed by atoms with Crippen LogP contribution in [-0.4, -0.2) is 24.2 Å². The zero-order valence-electron chi connectivity index (χ0n) is 10.6. The number of ether oxygens (including phenoxy) is 2. The molecule has 0 saturated carbocycles. The van der Waals surface area contributed by atoms with Crippen molar-refractivity contribution in [2.24, 2.45) is 0 Å². The van der Waals surface area contributed by atoms with Crippen molar-refractivity contribution in [1.29, 1.82) is 0 Å². The molecule has 2 aromatic rings. The molecule has 6 heteroatoms. The van der Waals surface area contributed by atoms with Gasteiger partial charge in [0.1, 0.15) is 16.2 Å². The van der Waals surface area contributed by atoms with E-state index in [4.69, 9.17) is 33.3 Å². The third kappa shape index (κ3) is 3.32. The first-order chi connectivity index (χ1) is 9.13. The maximum absolute atomic E-state index is 5.94. The number of nitrogens with zero attached hydrogens (tertiary/aromatic N) is 1. The summed E-state index contributed by atoms with van der Waals surface area (Å²) in [6, 6.07) is 7.12. The summed E-state index contributed by atoms with van der Waals surface area (Å²) >= 11 is 11.1. The van der Waals surface area contributed by atoms with Gasteiger partial charge in [-0.05, 0) is 24.3 Å². The van der Waals surface area contributed by atoms with Crippen molar-refractivity contribution >= 4 is 23.8 Å². The zero-order chi connectivity index (χ0) is 13.8. The van der Waals surface area contributed by atoms with E-state index in [0.29, 0.717) is 27.8 Å². The highest BCUT2D eigenvalue weighted by Crippen LogP contribution is 2.30. The molecule has 0 aliphatic rings. The minimum atomic E-state index is 0.440. The Balaban J connectivity index is 2.55. The van der Waals surface area contributed by atoms with Crippen molar-refractivity contribution in [3.05, 3.63) is 39.6 Å². The average Bonchev–Trinajstić information content (AvgIpc) is 2.38. The Labute approximate surface area is 121 Å². The predicted octanol–water partition coefficient (Wildman–Crippen LogP) is 3.61. The molecule has 1 aromatic heterocycles. The fraction of sp³-hybridized carbons (Fsp3) is 0.231. The van der Waals surface area contributed by atoms with Gasteiger partial charge in [0.05, 0.1) is 19.3 Å². The lowest BCUT2D eigenvalue weighted by Gasteiger charge is -2.10. The number of hydrogen-bond donors (Lipinski definition) is 1. The molecule has 0 spiro atoms. The Bertz CT molecular complexity index is 643. The third-order valence-electron chi connectivity index (χ3n) is 2.52. The van der Waals surface area contributed by atoms with Gasteiger partial charge in [0.25, 0.3) is 0 Å². The molecular weight excluding hydrogens is 284 g/mol. The Morgan fingerprint density at radius 3 is 2.79 bits per heavy atom. The number of aromatic amines is 1. The van der Waals surface area contributed by atoms with Crippen molar-refractivity contribution in [2.45, 2.75) is 6.61 Å². The second-order valence-corrected chi connectivity index (χ2v) is 4.73. The van der Waals surface area contributed by atoms with E-state index in [1.807, 2.05) is 6.07 Å². The number of methoxy groups -OCH3 is 2. The van der Waals surface area contributed by atoms with Crippen molar-refractivity contribution < 1.29 is 9.47 Å². The van der Waals surface area contributed by atoms with Gasteiger partial charge in [-0.25, -0.2) is 4.98 Å². The van der Waals surface area contributed by atoms with Crippen LogP contribution in [0, 0.1) is 4.64 Å². The van der Waals surface area contributed by atoms with Crippen LogP contribution in [0.1, 0.15) is 5.69 Å². The summed E-state index contributed by atoms with van der Waals surface area (Å²) in [4.78, 5) is 7.48. The molecule has 0 amide bonds. The van der Waals surface area contributed by atoms with Crippen LogP contribution in [0.5, 0.6) is 5.75 Å². The fourth-order valence-corrected chi connectivity index (χ4v) is 2.12. The van der Waals surface area contributed by atoms with Gasteiger partial charge in [-0.1, -0.05) is 23.8 Å².